The van der Waals surface area contributed by atoms with Gasteiger partial charge in [0.1, 0.15) is 5.78 Å². The van der Waals surface area contributed by atoms with Crippen LogP contribution in [-0.2, 0) is 14.8 Å². The molecule has 0 unspecified atom stereocenters. The van der Waals surface area contributed by atoms with E-state index < -0.39 is 10.0 Å². The van der Waals surface area contributed by atoms with Gasteiger partial charge in [-0.2, -0.15) is 0 Å². The SMILES string of the molecule is CC(C)NS(=O)(=O)CCCCCC(=O)C(C)C. The van der Waals surface area contributed by atoms with Gasteiger partial charge >= 0.3 is 0 Å². The van der Waals surface area contributed by atoms with Gasteiger partial charge in [-0.1, -0.05) is 20.3 Å². The standard InChI is InChI=1S/C12H25NO3S/c1-10(2)12(14)8-6-5-7-9-17(15,16)13-11(3)4/h10-11,13H,5-9H2,1-4H3. The Morgan fingerprint density at radius 1 is 1.06 bits per heavy atom. The quantitative estimate of drug-likeness (QED) is 0.648. The third kappa shape index (κ3) is 9.30. The lowest BCUT2D eigenvalue weighted by atomic mass is 10.0. The van der Waals surface area contributed by atoms with E-state index >= 15 is 0 Å². The fourth-order valence-electron chi connectivity index (χ4n) is 1.47. The van der Waals surface area contributed by atoms with Gasteiger partial charge in [-0.25, -0.2) is 13.1 Å². The van der Waals surface area contributed by atoms with Crippen LogP contribution in [0.2, 0.25) is 0 Å². The van der Waals surface area contributed by atoms with Crippen molar-refractivity contribution in [2.45, 2.75) is 59.4 Å². The molecule has 0 aromatic carbocycles. The summed E-state index contributed by atoms with van der Waals surface area (Å²) in [5, 5.41) is 0. The first-order chi connectivity index (χ1) is 7.74. The molecule has 4 nitrogen and oxygen atoms in total. The molecule has 0 bridgehead atoms. The predicted molar refractivity (Wildman–Crippen MR) is 70.4 cm³/mol. The summed E-state index contributed by atoms with van der Waals surface area (Å²) >= 11 is 0. The molecule has 0 amide bonds. The van der Waals surface area contributed by atoms with E-state index in [1.54, 1.807) is 13.8 Å². The maximum atomic E-state index is 11.5. The first-order valence-corrected chi connectivity index (χ1v) is 7.92. The number of Topliss-reactive ketones (excluding diaryl/α,β-unsaturated/α-hetero) is 1. The molecule has 0 fully saturated rings. The molecule has 0 aromatic rings. The minimum Gasteiger partial charge on any atom is -0.299 e. The Kier molecular flexibility index (Phi) is 7.63. The van der Waals surface area contributed by atoms with Crippen LogP contribution >= 0.6 is 0 Å². The van der Waals surface area contributed by atoms with Crippen molar-refractivity contribution in [2.24, 2.45) is 5.92 Å². The Bertz CT molecular complexity index is 321. The zero-order valence-corrected chi connectivity index (χ0v) is 12.1. The molecule has 0 aliphatic rings. The topological polar surface area (TPSA) is 63.2 Å². The Morgan fingerprint density at radius 2 is 1.65 bits per heavy atom. The van der Waals surface area contributed by atoms with Gasteiger partial charge in [0.25, 0.3) is 0 Å². The summed E-state index contributed by atoms with van der Waals surface area (Å²) in [6.45, 7) is 7.39. The first-order valence-electron chi connectivity index (χ1n) is 6.27. The van der Waals surface area contributed by atoms with Crippen molar-refractivity contribution in [3.05, 3.63) is 0 Å². The number of carbonyl (C=O) groups is 1. The lowest BCUT2D eigenvalue weighted by molar-refractivity contribution is -0.122. The zero-order chi connectivity index (χ0) is 13.5. The summed E-state index contributed by atoms with van der Waals surface area (Å²) in [6.07, 6.45) is 2.76. The van der Waals surface area contributed by atoms with E-state index in [9.17, 15) is 13.2 Å². The molecular formula is C12H25NO3S. The summed E-state index contributed by atoms with van der Waals surface area (Å²) < 4.78 is 25.5. The Labute approximate surface area is 105 Å². The zero-order valence-electron chi connectivity index (χ0n) is 11.3. The molecule has 0 aromatic heterocycles. The average molecular weight is 263 g/mol. The van der Waals surface area contributed by atoms with Crippen LogP contribution in [-0.4, -0.2) is 26.0 Å². The van der Waals surface area contributed by atoms with E-state index in [4.69, 9.17) is 0 Å². The fraction of sp³-hybridized carbons (Fsp3) is 0.917. The van der Waals surface area contributed by atoms with Crippen molar-refractivity contribution >= 4 is 15.8 Å². The van der Waals surface area contributed by atoms with Crippen LogP contribution in [0.1, 0.15) is 53.4 Å². The van der Waals surface area contributed by atoms with E-state index in [1.807, 2.05) is 13.8 Å². The fourth-order valence-corrected chi connectivity index (χ4v) is 2.90. The van der Waals surface area contributed by atoms with Crippen molar-refractivity contribution in [3.8, 4) is 0 Å². The van der Waals surface area contributed by atoms with E-state index in [-0.39, 0.29) is 23.5 Å². The van der Waals surface area contributed by atoms with Crippen LogP contribution in [0.25, 0.3) is 0 Å². The third-order valence-electron chi connectivity index (χ3n) is 2.40. The summed E-state index contributed by atoms with van der Waals surface area (Å²) in [6, 6.07) is -0.0532. The molecule has 0 rings (SSSR count). The van der Waals surface area contributed by atoms with Gasteiger partial charge < -0.3 is 0 Å². The molecule has 17 heavy (non-hydrogen) atoms. The minimum absolute atomic E-state index is 0.0532. The van der Waals surface area contributed by atoms with Crippen molar-refractivity contribution in [2.75, 3.05) is 5.75 Å². The Morgan fingerprint density at radius 3 is 2.12 bits per heavy atom. The Hall–Kier alpha value is -0.420. The third-order valence-corrected chi connectivity index (χ3v) is 4.05. The van der Waals surface area contributed by atoms with Crippen molar-refractivity contribution < 1.29 is 13.2 Å². The van der Waals surface area contributed by atoms with Gasteiger partial charge in [-0.15, -0.1) is 0 Å². The molecule has 0 saturated heterocycles. The molecule has 0 radical (unpaired) electrons. The van der Waals surface area contributed by atoms with Gasteiger partial charge in [0.05, 0.1) is 5.75 Å². The number of carbonyl (C=O) groups excluding carboxylic acids is 1. The first kappa shape index (κ1) is 16.6. The maximum absolute atomic E-state index is 11.5. The molecule has 0 spiro atoms. The van der Waals surface area contributed by atoms with Gasteiger partial charge in [0.2, 0.25) is 10.0 Å². The van der Waals surface area contributed by atoms with Crippen molar-refractivity contribution in [1.29, 1.82) is 0 Å². The summed E-state index contributed by atoms with van der Waals surface area (Å²) in [5.41, 5.74) is 0. The number of ketones is 1. The monoisotopic (exact) mass is 263 g/mol. The van der Waals surface area contributed by atoms with Crippen LogP contribution in [0.15, 0.2) is 0 Å². The Balaban J connectivity index is 3.68. The number of hydrogen-bond donors (Lipinski definition) is 1. The smallest absolute Gasteiger partial charge is 0.211 e. The average Bonchev–Trinajstić information content (AvgIpc) is 2.14. The number of nitrogens with one attached hydrogen (secondary N) is 1. The summed E-state index contributed by atoms with van der Waals surface area (Å²) in [7, 11) is -3.13. The van der Waals surface area contributed by atoms with Gasteiger partial charge in [0, 0.05) is 18.4 Å². The number of sulfonamides is 1. The van der Waals surface area contributed by atoms with Crippen LogP contribution in [0.4, 0.5) is 0 Å². The van der Waals surface area contributed by atoms with Crippen molar-refractivity contribution in [3.63, 3.8) is 0 Å². The number of hydrogen-bond acceptors (Lipinski definition) is 3. The lowest BCUT2D eigenvalue weighted by Crippen LogP contribution is -2.32. The highest BCUT2D eigenvalue weighted by Crippen LogP contribution is 2.07. The van der Waals surface area contributed by atoms with Gasteiger partial charge in [0.15, 0.2) is 0 Å². The normalized spacial score (nSPS) is 12.4. The molecule has 0 heterocycles. The number of unbranched alkanes of at least 4 members (excludes halogenated alkanes) is 2. The number of rotatable bonds is 9. The molecular weight excluding hydrogens is 238 g/mol. The molecule has 0 atom stereocenters. The molecule has 0 saturated carbocycles. The van der Waals surface area contributed by atoms with Crippen LogP contribution in [0, 0.1) is 5.92 Å². The highest BCUT2D eigenvalue weighted by molar-refractivity contribution is 7.89. The van der Waals surface area contributed by atoms with Crippen LogP contribution < -0.4 is 4.72 Å². The molecule has 5 heteroatoms. The van der Waals surface area contributed by atoms with Crippen LogP contribution in [0.5, 0.6) is 0 Å². The van der Waals surface area contributed by atoms with E-state index in [0.29, 0.717) is 12.8 Å². The summed E-state index contributed by atoms with van der Waals surface area (Å²) in [4.78, 5) is 11.3. The van der Waals surface area contributed by atoms with E-state index in [1.165, 1.54) is 0 Å². The second-order valence-electron chi connectivity index (χ2n) is 5.02. The molecule has 0 aliphatic carbocycles. The van der Waals surface area contributed by atoms with E-state index in [0.717, 1.165) is 12.8 Å². The molecule has 0 aliphatic heterocycles. The predicted octanol–water partition coefficient (Wildman–Crippen LogP) is 2.10. The van der Waals surface area contributed by atoms with Gasteiger partial charge in [-0.3, -0.25) is 4.79 Å². The highest BCUT2D eigenvalue weighted by Gasteiger charge is 2.11. The lowest BCUT2D eigenvalue weighted by Gasteiger charge is -2.09. The highest BCUT2D eigenvalue weighted by atomic mass is 32.2. The minimum atomic E-state index is -3.13. The van der Waals surface area contributed by atoms with Gasteiger partial charge in [-0.05, 0) is 26.7 Å². The molecule has 1 N–H and O–H groups in total. The molecule has 102 valence electrons. The second-order valence-corrected chi connectivity index (χ2v) is 6.90. The second kappa shape index (κ2) is 7.82. The summed E-state index contributed by atoms with van der Waals surface area (Å²) in [5.74, 6) is 0.496. The van der Waals surface area contributed by atoms with Crippen LogP contribution in [0.3, 0.4) is 0 Å². The van der Waals surface area contributed by atoms with E-state index in [2.05, 4.69) is 4.72 Å². The maximum Gasteiger partial charge on any atom is 0.211 e. The largest absolute Gasteiger partial charge is 0.299 e. The van der Waals surface area contributed by atoms with Crippen molar-refractivity contribution in [1.82, 2.24) is 4.72 Å².